The number of fused-ring (bicyclic) bond motifs is 1. The van der Waals surface area contributed by atoms with E-state index in [-0.39, 0.29) is 24.4 Å². The van der Waals surface area contributed by atoms with Gasteiger partial charge in [0.15, 0.2) is 0 Å². The van der Waals surface area contributed by atoms with E-state index in [2.05, 4.69) is 15.9 Å². The first-order valence-electron chi connectivity index (χ1n) is 7.36. The van der Waals surface area contributed by atoms with Crippen LogP contribution in [0.15, 0.2) is 16.6 Å². The predicted octanol–water partition coefficient (Wildman–Crippen LogP) is 2.79. The van der Waals surface area contributed by atoms with E-state index >= 15 is 0 Å². The van der Waals surface area contributed by atoms with E-state index in [9.17, 15) is 9.59 Å². The van der Waals surface area contributed by atoms with Crippen LogP contribution in [0.25, 0.3) is 0 Å². The Morgan fingerprint density at radius 3 is 2.48 bits per heavy atom. The summed E-state index contributed by atoms with van der Waals surface area (Å²) in [5.74, 6) is 0.142. The van der Waals surface area contributed by atoms with Crippen molar-refractivity contribution in [1.82, 2.24) is 4.90 Å². The molecule has 0 spiro atoms. The topological polar surface area (TPSA) is 40.6 Å². The second kappa shape index (κ2) is 5.44. The molecule has 1 aromatic rings. The second-order valence-corrected chi connectivity index (χ2v) is 6.83. The van der Waals surface area contributed by atoms with Crippen LogP contribution >= 0.6 is 15.9 Å². The lowest BCUT2D eigenvalue weighted by Gasteiger charge is -2.43. The normalized spacial score (nSPS) is 22.5. The van der Waals surface area contributed by atoms with Crippen molar-refractivity contribution in [3.05, 3.63) is 27.7 Å². The van der Waals surface area contributed by atoms with E-state index in [1.165, 1.54) is 0 Å². The summed E-state index contributed by atoms with van der Waals surface area (Å²) >= 11 is 3.47. The molecule has 1 unspecified atom stereocenters. The van der Waals surface area contributed by atoms with E-state index in [1.807, 2.05) is 26.0 Å². The van der Waals surface area contributed by atoms with Gasteiger partial charge < -0.3 is 9.80 Å². The summed E-state index contributed by atoms with van der Waals surface area (Å²) in [4.78, 5) is 28.6. The Morgan fingerprint density at radius 1 is 1.14 bits per heavy atom. The Hall–Kier alpha value is -1.36. The zero-order valence-electron chi connectivity index (χ0n) is 12.4. The Morgan fingerprint density at radius 2 is 1.81 bits per heavy atom. The average Bonchev–Trinajstić information content (AvgIpc) is 2.43. The van der Waals surface area contributed by atoms with Crippen molar-refractivity contribution >= 4 is 33.4 Å². The zero-order chi connectivity index (χ0) is 15.1. The fourth-order valence-electron chi connectivity index (χ4n) is 3.49. The second-order valence-electron chi connectivity index (χ2n) is 5.91. The molecule has 0 bridgehead atoms. The van der Waals surface area contributed by atoms with Gasteiger partial charge in [-0.3, -0.25) is 9.59 Å². The van der Waals surface area contributed by atoms with Gasteiger partial charge in [-0.25, -0.2) is 0 Å². The lowest BCUT2D eigenvalue weighted by atomic mass is 9.97. The van der Waals surface area contributed by atoms with Gasteiger partial charge in [0.1, 0.15) is 12.6 Å². The minimum Gasteiger partial charge on any atom is -0.329 e. The molecule has 0 aromatic heterocycles. The van der Waals surface area contributed by atoms with Crippen molar-refractivity contribution in [3.63, 3.8) is 0 Å². The fraction of sp³-hybridized carbons (Fsp3) is 0.500. The lowest BCUT2D eigenvalue weighted by Crippen LogP contribution is -2.61. The first-order chi connectivity index (χ1) is 9.99. The van der Waals surface area contributed by atoms with Crippen LogP contribution in [0.2, 0.25) is 0 Å². The van der Waals surface area contributed by atoms with Gasteiger partial charge in [-0.15, -0.1) is 0 Å². The molecular formula is C16H19BrN2O2. The van der Waals surface area contributed by atoms with Crippen molar-refractivity contribution in [3.8, 4) is 0 Å². The number of rotatable bonds is 1. The molecule has 3 rings (SSSR count). The molecule has 2 aliphatic rings. The number of anilines is 1. The quantitative estimate of drug-likeness (QED) is 0.781. The number of benzene rings is 1. The maximum Gasteiger partial charge on any atom is 0.250 e. The van der Waals surface area contributed by atoms with Crippen LogP contribution in [-0.4, -0.2) is 35.8 Å². The summed E-state index contributed by atoms with van der Waals surface area (Å²) in [5, 5.41) is 0. The highest BCUT2D eigenvalue weighted by Gasteiger charge is 2.41. The standard InChI is InChI=1S/C16H19BrN2O2/c1-10-7-12(17)8-11(2)15(10)19-9-14(20)18-6-4-3-5-13(18)16(19)21/h7-8,13H,3-6,9H2,1-2H3. The molecule has 2 heterocycles. The first-order valence-corrected chi connectivity index (χ1v) is 8.16. The van der Waals surface area contributed by atoms with Gasteiger partial charge in [0.05, 0.1) is 5.69 Å². The van der Waals surface area contributed by atoms with E-state index in [0.29, 0.717) is 0 Å². The first kappa shape index (κ1) is 14.6. The van der Waals surface area contributed by atoms with Crippen LogP contribution in [0.3, 0.4) is 0 Å². The van der Waals surface area contributed by atoms with Gasteiger partial charge in [-0.2, -0.15) is 0 Å². The van der Waals surface area contributed by atoms with Crippen LogP contribution < -0.4 is 4.90 Å². The number of amides is 2. The van der Waals surface area contributed by atoms with Crippen molar-refractivity contribution in [2.45, 2.75) is 39.2 Å². The van der Waals surface area contributed by atoms with Crippen molar-refractivity contribution in [1.29, 1.82) is 0 Å². The van der Waals surface area contributed by atoms with E-state index < -0.39 is 0 Å². The molecule has 0 aliphatic carbocycles. The molecule has 0 saturated carbocycles. The van der Waals surface area contributed by atoms with Crippen LogP contribution in [0.4, 0.5) is 5.69 Å². The number of carbonyl (C=O) groups excluding carboxylic acids is 2. The minimum atomic E-state index is -0.262. The molecule has 5 heteroatoms. The molecule has 2 aliphatic heterocycles. The molecule has 1 atom stereocenters. The highest BCUT2D eigenvalue weighted by atomic mass is 79.9. The van der Waals surface area contributed by atoms with Crippen molar-refractivity contribution < 1.29 is 9.59 Å². The molecule has 112 valence electrons. The maximum atomic E-state index is 12.8. The molecule has 1 aromatic carbocycles. The zero-order valence-corrected chi connectivity index (χ0v) is 13.9. The van der Waals surface area contributed by atoms with Gasteiger partial charge >= 0.3 is 0 Å². The number of nitrogens with zero attached hydrogens (tertiary/aromatic N) is 2. The van der Waals surface area contributed by atoms with Crippen LogP contribution in [-0.2, 0) is 9.59 Å². The largest absolute Gasteiger partial charge is 0.329 e. The third-order valence-corrected chi connectivity index (χ3v) is 4.85. The summed E-state index contributed by atoms with van der Waals surface area (Å²) in [6, 6.07) is 3.73. The number of piperidine rings is 1. The molecule has 0 N–H and O–H groups in total. The van der Waals surface area contributed by atoms with Crippen molar-refractivity contribution in [2.75, 3.05) is 18.0 Å². The third-order valence-electron chi connectivity index (χ3n) is 4.39. The highest BCUT2D eigenvalue weighted by molar-refractivity contribution is 9.10. The monoisotopic (exact) mass is 350 g/mol. The molecule has 2 fully saturated rings. The number of piperazine rings is 1. The summed E-state index contributed by atoms with van der Waals surface area (Å²) in [7, 11) is 0. The summed E-state index contributed by atoms with van der Waals surface area (Å²) in [6.45, 7) is 4.86. The Bertz CT molecular complexity index is 591. The van der Waals surface area contributed by atoms with Crippen LogP contribution in [0.5, 0.6) is 0 Å². The molecule has 4 nitrogen and oxygen atoms in total. The van der Waals surface area contributed by atoms with Gasteiger partial charge in [-0.1, -0.05) is 15.9 Å². The van der Waals surface area contributed by atoms with Gasteiger partial charge in [-0.05, 0) is 56.4 Å². The summed E-state index contributed by atoms with van der Waals surface area (Å²) in [6.07, 6.45) is 2.81. The van der Waals surface area contributed by atoms with E-state index in [1.54, 1.807) is 9.80 Å². The van der Waals surface area contributed by atoms with Gasteiger partial charge in [0.2, 0.25) is 11.8 Å². The maximum absolute atomic E-state index is 12.8. The number of hydrogen-bond acceptors (Lipinski definition) is 2. The third kappa shape index (κ3) is 2.48. The summed E-state index contributed by atoms with van der Waals surface area (Å²) in [5.41, 5.74) is 2.93. The molecule has 2 amide bonds. The minimum absolute atomic E-state index is 0.0704. The Kier molecular flexibility index (Phi) is 3.78. The van der Waals surface area contributed by atoms with Gasteiger partial charge in [0, 0.05) is 11.0 Å². The average molecular weight is 351 g/mol. The lowest BCUT2D eigenvalue weighted by molar-refractivity contribution is -0.144. The summed E-state index contributed by atoms with van der Waals surface area (Å²) < 4.78 is 0.997. The Labute approximate surface area is 133 Å². The predicted molar refractivity (Wildman–Crippen MR) is 85.3 cm³/mol. The highest BCUT2D eigenvalue weighted by Crippen LogP contribution is 2.32. The number of hydrogen-bond donors (Lipinski definition) is 0. The molecule has 2 saturated heterocycles. The number of aryl methyl sites for hydroxylation is 2. The van der Waals surface area contributed by atoms with Crippen LogP contribution in [0, 0.1) is 13.8 Å². The van der Waals surface area contributed by atoms with Crippen molar-refractivity contribution in [2.24, 2.45) is 0 Å². The van der Waals surface area contributed by atoms with Crippen LogP contribution in [0.1, 0.15) is 30.4 Å². The van der Waals surface area contributed by atoms with E-state index in [0.717, 1.165) is 47.1 Å². The number of carbonyl (C=O) groups is 2. The Balaban J connectivity index is 2.00. The molecular weight excluding hydrogens is 332 g/mol. The molecule has 0 radical (unpaired) electrons. The van der Waals surface area contributed by atoms with Gasteiger partial charge in [0.25, 0.3) is 0 Å². The smallest absolute Gasteiger partial charge is 0.250 e. The number of halogens is 1. The fourth-order valence-corrected chi connectivity index (χ4v) is 4.18. The van der Waals surface area contributed by atoms with E-state index in [4.69, 9.17) is 0 Å². The molecule has 21 heavy (non-hydrogen) atoms. The SMILES string of the molecule is Cc1cc(Br)cc(C)c1N1CC(=O)N2CCCCC2C1=O.